The summed E-state index contributed by atoms with van der Waals surface area (Å²) >= 11 is 0. The normalized spacial score (nSPS) is 15.5. The van der Waals surface area contributed by atoms with Crippen LogP contribution < -0.4 is 5.73 Å². The molecule has 0 bridgehead atoms. The number of amides is 1. The fraction of sp³-hybridized carbons (Fsp3) is 0.400. The summed E-state index contributed by atoms with van der Waals surface area (Å²) < 4.78 is 16.3. The summed E-state index contributed by atoms with van der Waals surface area (Å²) in [6.07, 6.45) is 0.811. The summed E-state index contributed by atoms with van der Waals surface area (Å²) in [5, 5.41) is 1.27. The zero-order valence-electron chi connectivity index (χ0n) is 18.0. The Morgan fingerprint density at radius 1 is 1.13 bits per heavy atom. The molecule has 1 aliphatic rings. The third-order valence-electron chi connectivity index (χ3n) is 6.05. The standard InChI is InChI=1S/C25H30FN3O/c1-17-22(12-18-8-10-20(11-9-18)24(27)30)21-6-4-5-7-23(21)29(17)15-19-13-28(14-19)16-25(2,3)26/h4-11,19H,12-16H2,1-3H3,(H2,27,30). The minimum Gasteiger partial charge on any atom is -0.366 e. The van der Waals surface area contributed by atoms with Gasteiger partial charge in [0, 0.05) is 54.3 Å². The molecule has 1 amide bonds. The summed E-state index contributed by atoms with van der Waals surface area (Å²) in [7, 11) is 0. The monoisotopic (exact) mass is 407 g/mol. The van der Waals surface area contributed by atoms with Gasteiger partial charge in [0.1, 0.15) is 5.67 Å². The molecular weight excluding hydrogens is 377 g/mol. The number of nitrogens with zero attached hydrogens (tertiary/aromatic N) is 2. The lowest BCUT2D eigenvalue weighted by molar-refractivity contribution is 0.0339. The number of primary amides is 1. The smallest absolute Gasteiger partial charge is 0.248 e. The Morgan fingerprint density at radius 3 is 2.43 bits per heavy atom. The summed E-state index contributed by atoms with van der Waals surface area (Å²) in [6, 6.07) is 16.1. The summed E-state index contributed by atoms with van der Waals surface area (Å²) in [5.41, 5.74) is 9.76. The van der Waals surface area contributed by atoms with E-state index in [-0.39, 0.29) is 0 Å². The van der Waals surface area contributed by atoms with Gasteiger partial charge in [-0.3, -0.25) is 9.69 Å². The van der Waals surface area contributed by atoms with E-state index < -0.39 is 11.6 Å². The van der Waals surface area contributed by atoms with E-state index in [2.05, 4.69) is 40.7 Å². The molecule has 0 atom stereocenters. The average Bonchev–Trinajstić information content (AvgIpc) is 2.91. The predicted molar refractivity (Wildman–Crippen MR) is 120 cm³/mol. The summed E-state index contributed by atoms with van der Waals surface area (Å²) in [5.74, 6) is 0.143. The van der Waals surface area contributed by atoms with Gasteiger partial charge >= 0.3 is 0 Å². The molecule has 4 rings (SSSR count). The summed E-state index contributed by atoms with van der Waals surface area (Å²) in [4.78, 5) is 13.5. The predicted octanol–water partition coefficient (Wildman–Crippen LogP) is 4.32. The molecule has 2 N–H and O–H groups in total. The first-order valence-corrected chi connectivity index (χ1v) is 10.6. The van der Waals surface area contributed by atoms with Crippen LogP contribution in [0.5, 0.6) is 0 Å². The highest BCUT2D eigenvalue weighted by molar-refractivity contribution is 5.92. The molecule has 2 heterocycles. The Labute approximate surface area is 177 Å². The minimum absolute atomic E-state index is 0.403. The van der Waals surface area contributed by atoms with Gasteiger partial charge in [-0.2, -0.15) is 0 Å². The van der Waals surface area contributed by atoms with Crippen LogP contribution in [0.2, 0.25) is 0 Å². The number of fused-ring (bicyclic) bond motifs is 1. The maximum absolute atomic E-state index is 13.9. The van der Waals surface area contributed by atoms with Crippen LogP contribution in [0.3, 0.4) is 0 Å². The molecule has 0 aliphatic carbocycles. The number of nitrogens with two attached hydrogens (primary N) is 1. The fourth-order valence-electron chi connectivity index (χ4n) is 4.66. The molecule has 0 spiro atoms. The van der Waals surface area contributed by atoms with Gasteiger partial charge in [-0.25, -0.2) is 4.39 Å². The van der Waals surface area contributed by atoms with Crippen molar-refractivity contribution in [3.63, 3.8) is 0 Å². The van der Waals surface area contributed by atoms with Crippen molar-refractivity contribution >= 4 is 16.8 Å². The number of hydrogen-bond donors (Lipinski definition) is 1. The number of halogens is 1. The molecule has 30 heavy (non-hydrogen) atoms. The van der Waals surface area contributed by atoms with Gasteiger partial charge in [0.15, 0.2) is 0 Å². The van der Waals surface area contributed by atoms with Gasteiger partial charge in [-0.1, -0.05) is 30.3 Å². The number of carbonyl (C=O) groups is 1. The van der Waals surface area contributed by atoms with E-state index in [9.17, 15) is 9.18 Å². The third kappa shape index (κ3) is 4.26. The van der Waals surface area contributed by atoms with Gasteiger partial charge in [-0.05, 0) is 56.5 Å². The molecule has 5 heteroatoms. The van der Waals surface area contributed by atoms with Crippen molar-refractivity contribution in [1.82, 2.24) is 9.47 Å². The average molecular weight is 408 g/mol. The van der Waals surface area contributed by atoms with Crippen LogP contribution >= 0.6 is 0 Å². The molecule has 2 aromatic carbocycles. The number of carbonyl (C=O) groups excluding carboxylic acids is 1. The number of aromatic nitrogens is 1. The largest absolute Gasteiger partial charge is 0.366 e. The lowest BCUT2D eigenvalue weighted by Crippen LogP contribution is -2.52. The molecule has 4 nitrogen and oxygen atoms in total. The highest BCUT2D eigenvalue weighted by Gasteiger charge is 2.32. The van der Waals surface area contributed by atoms with E-state index in [1.165, 1.54) is 22.2 Å². The first-order chi connectivity index (χ1) is 14.2. The molecule has 1 fully saturated rings. The molecule has 0 unspecified atom stereocenters. The van der Waals surface area contributed by atoms with E-state index in [4.69, 9.17) is 5.73 Å². The maximum atomic E-state index is 13.9. The van der Waals surface area contributed by atoms with Crippen LogP contribution in [-0.2, 0) is 13.0 Å². The quantitative estimate of drug-likeness (QED) is 0.634. The van der Waals surface area contributed by atoms with E-state index >= 15 is 0 Å². The second kappa shape index (κ2) is 7.88. The lowest BCUT2D eigenvalue weighted by atomic mass is 9.97. The van der Waals surface area contributed by atoms with Gasteiger partial charge in [0.25, 0.3) is 0 Å². The number of rotatable bonds is 7. The molecule has 158 valence electrons. The van der Waals surface area contributed by atoms with Gasteiger partial charge in [0.05, 0.1) is 0 Å². The maximum Gasteiger partial charge on any atom is 0.248 e. The topological polar surface area (TPSA) is 51.3 Å². The van der Waals surface area contributed by atoms with Crippen molar-refractivity contribution in [1.29, 1.82) is 0 Å². The summed E-state index contributed by atoms with van der Waals surface area (Å²) in [6.45, 7) is 8.83. The van der Waals surface area contributed by atoms with Crippen LogP contribution in [0.15, 0.2) is 48.5 Å². The molecule has 1 saturated heterocycles. The van der Waals surface area contributed by atoms with Gasteiger partial charge in [0.2, 0.25) is 5.91 Å². The number of hydrogen-bond acceptors (Lipinski definition) is 2. The highest BCUT2D eigenvalue weighted by Crippen LogP contribution is 2.31. The first kappa shape index (κ1) is 20.6. The van der Waals surface area contributed by atoms with Crippen LogP contribution in [0.25, 0.3) is 10.9 Å². The van der Waals surface area contributed by atoms with E-state index in [0.29, 0.717) is 18.0 Å². The third-order valence-corrected chi connectivity index (χ3v) is 6.05. The van der Waals surface area contributed by atoms with Crippen LogP contribution in [-0.4, -0.2) is 40.7 Å². The Morgan fingerprint density at radius 2 is 1.80 bits per heavy atom. The Kier molecular flexibility index (Phi) is 5.41. The molecule has 1 aliphatic heterocycles. The highest BCUT2D eigenvalue weighted by atomic mass is 19.1. The molecule has 0 saturated carbocycles. The molecule has 1 aromatic heterocycles. The number of likely N-dealkylation sites (tertiary alicyclic amines) is 1. The molecule has 0 radical (unpaired) electrons. The van der Waals surface area contributed by atoms with E-state index in [0.717, 1.165) is 31.6 Å². The molecular formula is C25H30FN3O. The fourth-order valence-corrected chi connectivity index (χ4v) is 4.66. The van der Waals surface area contributed by atoms with E-state index in [1.54, 1.807) is 26.0 Å². The van der Waals surface area contributed by atoms with Crippen molar-refractivity contribution < 1.29 is 9.18 Å². The van der Waals surface area contributed by atoms with Crippen LogP contribution in [0.1, 0.15) is 41.0 Å². The van der Waals surface area contributed by atoms with Crippen molar-refractivity contribution in [2.45, 2.75) is 39.4 Å². The number of alkyl halides is 1. The lowest BCUT2D eigenvalue weighted by Gasteiger charge is -2.41. The second-order valence-electron chi connectivity index (χ2n) is 9.21. The zero-order valence-corrected chi connectivity index (χ0v) is 18.0. The van der Waals surface area contributed by atoms with Crippen molar-refractivity contribution in [2.75, 3.05) is 19.6 Å². The number of benzene rings is 2. The van der Waals surface area contributed by atoms with Crippen molar-refractivity contribution in [3.05, 3.63) is 70.9 Å². The minimum atomic E-state index is -1.14. The van der Waals surface area contributed by atoms with Crippen LogP contribution in [0, 0.1) is 12.8 Å². The number of para-hydroxylation sites is 1. The van der Waals surface area contributed by atoms with E-state index in [1.807, 2.05) is 12.1 Å². The second-order valence-corrected chi connectivity index (χ2v) is 9.21. The Bertz CT molecular complexity index is 1060. The first-order valence-electron chi connectivity index (χ1n) is 10.6. The SMILES string of the molecule is Cc1c(Cc2ccc(C(N)=O)cc2)c2ccccc2n1CC1CN(CC(C)(C)F)C1. The van der Waals surface area contributed by atoms with Crippen LogP contribution in [0.4, 0.5) is 4.39 Å². The van der Waals surface area contributed by atoms with Gasteiger partial charge < -0.3 is 10.3 Å². The Hall–Kier alpha value is -2.66. The zero-order chi connectivity index (χ0) is 21.5. The Balaban J connectivity index is 1.55. The van der Waals surface area contributed by atoms with Crippen molar-refractivity contribution in [2.24, 2.45) is 11.7 Å². The molecule has 3 aromatic rings. The van der Waals surface area contributed by atoms with Gasteiger partial charge in [-0.15, -0.1) is 0 Å². The van der Waals surface area contributed by atoms with Crippen molar-refractivity contribution in [3.8, 4) is 0 Å².